The monoisotopic (exact) mass is 442 g/mol. The van der Waals surface area contributed by atoms with Crippen LogP contribution in [-0.2, 0) is 0 Å². The Morgan fingerprint density at radius 3 is 2.00 bits per heavy atom. The van der Waals surface area contributed by atoms with Crippen molar-refractivity contribution in [2.75, 3.05) is 10.6 Å². The predicted octanol–water partition coefficient (Wildman–Crippen LogP) is 9.33. The number of hydrogen-bond acceptors (Lipinski definition) is 2. The van der Waals surface area contributed by atoms with Crippen molar-refractivity contribution < 1.29 is 0 Å². The van der Waals surface area contributed by atoms with Crippen molar-refractivity contribution >= 4 is 60.2 Å². The maximum Gasteiger partial charge on any atom is 0.0464 e. The topological polar surface area (TPSA) is 24.1 Å². The molecule has 6 aromatic carbocycles. The molecule has 168 valence electrons. The molecule has 0 radical (unpaired) electrons. The third kappa shape index (κ3) is 3.42. The second kappa shape index (κ2) is 8.22. The van der Waals surface area contributed by atoms with Crippen LogP contribution in [0.15, 0.2) is 91.0 Å². The van der Waals surface area contributed by atoms with Crippen molar-refractivity contribution in [1.82, 2.24) is 0 Å². The first-order chi connectivity index (χ1) is 16.6. The Morgan fingerprint density at radius 1 is 0.559 bits per heavy atom. The number of fused-ring (bicyclic) bond motifs is 2. The summed E-state index contributed by atoms with van der Waals surface area (Å²) in [5.74, 6) is 0.653. The number of benzene rings is 6. The first-order valence-electron chi connectivity index (χ1n) is 12.3. The lowest BCUT2D eigenvalue weighted by Gasteiger charge is -2.23. The highest BCUT2D eigenvalue weighted by molar-refractivity contribution is 6.36. The van der Waals surface area contributed by atoms with Crippen LogP contribution in [0.25, 0.3) is 43.1 Å². The van der Waals surface area contributed by atoms with E-state index in [2.05, 4.69) is 122 Å². The predicted molar refractivity (Wildman–Crippen MR) is 150 cm³/mol. The summed E-state index contributed by atoms with van der Waals surface area (Å²) in [7, 11) is 0. The number of rotatable bonds is 6. The van der Waals surface area contributed by atoms with E-state index in [1.54, 1.807) is 0 Å². The SMILES string of the molecule is CC(C)CC(C)Nc1ccc2c(Nc3ccccc3)ccc3c4cccc5cccc(c1c23)c54. The summed E-state index contributed by atoms with van der Waals surface area (Å²) < 4.78 is 0. The Morgan fingerprint density at radius 2 is 1.24 bits per heavy atom. The van der Waals surface area contributed by atoms with E-state index in [0.717, 1.165) is 17.8 Å². The molecule has 0 aliphatic carbocycles. The maximum atomic E-state index is 3.87. The van der Waals surface area contributed by atoms with Gasteiger partial charge >= 0.3 is 0 Å². The zero-order chi connectivity index (χ0) is 23.2. The van der Waals surface area contributed by atoms with Crippen molar-refractivity contribution in [3.63, 3.8) is 0 Å². The van der Waals surface area contributed by atoms with Gasteiger partial charge in [0.2, 0.25) is 0 Å². The molecular formula is C32H30N2. The van der Waals surface area contributed by atoms with Crippen molar-refractivity contribution in [3.05, 3.63) is 91.0 Å². The smallest absolute Gasteiger partial charge is 0.0464 e. The molecule has 2 N–H and O–H groups in total. The molecule has 0 spiro atoms. The fraction of sp³-hybridized carbons (Fsp3) is 0.188. The molecule has 0 fully saturated rings. The minimum Gasteiger partial charge on any atom is -0.382 e. The molecule has 6 aromatic rings. The van der Waals surface area contributed by atoms with Crippen molar-refractivity contribution in [3.8, 4) is 0 Å². The van der Waals surface area contributed by atoms with E-state index >= 15 is 0 Å². The zero-order valence-electron chi connectivity index (χ0n) is 20.0. The van der Waals surface area contributed by atoms with E-state index in [4.69, 9.17) is 0 Å². The molecule has 0 saturated heterocycles. The van der Waals surface area contributed by atoms with Gasteiger partial charge in [0.25, 0.3) is 0 Å². The van der Waals surface area contributed by atoms with E-state index in [0.29, 0.717) is 12.0 Å². The normalized spacial score (nSPS) is 12.8. The Kier molecular flexibility index (Phi) is 5.03. The first kappa shape index (κ1) is 20.8. The van der Waals surface area contributed by atoms with Gasteiger partial charge in [0.1, 0.15) is 0 Å². The number of para-hydroxylation sites is 1. The van der Waals surface area contributed by atoms with Gasteiger partial charge in [-0.05, 0) is 70.5 Å². The highest BCUT2D eigenvalue weighted by Crippen LogP contribution is 2.45. The fourth-order valence-electron chi connectivity index (χ4n) is 5.66. The lowest BCUT2D eigenvalue weighted by molar-refractivity contribution is 0.540. The molecule has 0 bridgehead atoms. The fourth-order valence-corrected chi connectivity index (χ4v) is 5.66. The van der Waals surface area contributed by atoms with Crippen LogP contribution >= 0.6 is 0 Å². The molecule has 0 aromatic heterocycles. The average molecular weight is 443 g/mol. The van der Waals surface area contributed by atoms with Crippen LogP contribution in [0.4, 0.5) is 17.1 Å². The molecule has 0 aliphatic heterocycles. The Bertz CT molecular complexity index is 1610. The number of nitrogens with one attached hydrogen (secondary N) is 2. The van der Waals surface area contributed by atoms with Crippen molar-refractivity contribution in [1.29, 1.82) is 0 Å². The van der Waals surface area contributed by atoms with Crippen LogP contribution in [-0.4, -0.2) is 6.04 Å². The van der Waals surface area contributed by atoms with Gasteiger partial charge in [-0.25, -0.2) is 0 Å². The van der Waals surface area contributed by atoms with Crippen LogP contribution < -0.4 is 10.6 Å². The van der Waals surface area contributed by atoms with Gasteiger partial charge in [-0.15, -0.1) is 0 Å². The van der Waals surface area contributed by atoms with Crippen LogP contribution in [0.3, 0.4) is 0 Å². The summed E-state index contributed by atoms with van der Waals surface area (Å²) >= 11 is 0. The molecule has 34 heavy (non-hydrogen) atoms. The molecule has 0 amide bonds. The summed E-state index contributed by atoms with van der Waals surface area (Å²) in [6.07, 6.45) is 1.14. The van der Waals surface area contributed by atoms with Gasteiger partial charge in [-0.2, -0.15) is 0 Å². The summed E-state index contributed by atoms with van der Waals surface area (Å²) in [6, 6.07) is 33.3. The molecule has 2 nitrogen and oxygen atoms in total. The highest BCUT2D eigenvalue weighted by Gasteiger charge is 2.18. The van der Waals surface area contributed by atoms with Gasteiger partial charge in [0.15, 0.2) is 0 Å². The first-order valence-corrected chi connectivity index (χ1v) is 12.3. The summed E-state index contributed by atoms with van der Waals surface area (Å²) in [4.78, 5) is 0. The van der Waals surface area contributed by atoms with E-state index in [1.807, 2.05) is 0 Å². The second-order valence-electron chi connectivity index (χ2n) is 9.95. The minimum absolute atomic E-state index is 0.402. The Balaban J connectivity index is 1.68. The summed E-state index contributed by atoms with van der Waals surface area (Å²) in [6.45, 7) is 6.88. The Labute approximate surface area is 200 Å². The standard InChI is InChI=1S/C32H30N2/c1-20(2)19-21(3)33-29-18-16-26-28(34-23-11-5-4-6-12-23)17-15-25-24-13-7-9-22-10-8-14-27(30(22)24)32(29)31(25)26/h4-18,20-21,33-34H,19H2,1-3H3. The van der Waals surface area contributed by atoms with Gasteiger partial charge in [0, 0.05) is 39.3 Å². The van der Waals surface area contributed by atoms with Crippen molar-refractivity contribution in [2.24, 2.45) is 5.92 Å². The van der Waals surface area contributed by atoms with Gasteiger partial charge in [-0.1, -0.05) is 80.6 Å². The summed E-state index contributed by atoms with van der Waals surface area (Å²) in [5.41, 5.74) is 3.46. The molecule has 0 saturated carbocycles. The Hall–Kier alpha value is -3.78. The van der Waals surface area contributed by atoms with Gasteiger partial charge in [-0.3, -0.25) is 0 Å². The molecule has 0 aliphatic rings. The van der Waals surface area contributed by atoms with Gasteiger partial charge in [0.05, 0.1) is 0 Å². The zero-order valence-corrected chi connectivity index (χ0v) is 20.0. The third-order valence-electron chi connectivity index (χ3n) is 6.93. The van der Waals surface area contributed by atoms with Gasteiger partial charge < -0.3 is 10.6 Å². The minimum atomic E-state index is 0.402. The lowest BCUT2D eigenvalue weighted by Crippen LogP contribution is -2.17. The molecule has 0 heterocycles. The van der Waals surface area contributed by atoms with Crippen molar-refractivity contribution in [2.45, 2.75) is 33.2 Å². The average Bonchev–Trinajstić information content (AvgIpc) is 2.83. The maximum absolute atomic E-state index is 3.87. The molecule has 1 atom stereocenters. The van der Waals surface area contributed by atoms with E-state index in [-0.39, 0.29) is 0 Å². The molecular weight excluding hydrogens is 412 g/mol. The van der Waals surface area contributed by atoms with Crippen LogP contribution in [0.5, 0.6) is 0 Å². The highest BCUT2D eigenvalue weighted by atomic mass is 14.9. The van der Waals surface area contributed by atoms with E-state index in [9.17, 15) is 0 Å². The van der Waals surface area contributed by atoms with Crippen LogP contribution in [0.2, 0.25) is 0 Å². The molecule has 6 rings (SSSR count). The number of anilines is 3. The second-order valence-corrected chi connectivity index (χ2v) is 9.95. The van der Waals surface area contributed by atoms with E-state index < -0.39 is 0 Å². The summed E-state index contributed by atoms with van der Waals surface area (Å²) in [5, 5.41) is 18.0. The number of hydrogen-bond donors (Lipinski definition) is 2. The van der Waals surface area contributed by atoms with Crippen LogP contribution in [0, 0.1) is 5.92 Å². The van der Waals surface area contributed by atoms with Crippen LogP contribution in [0.1, 0.15) is 27.2 Å². The van der Waals surface area contributed by atoms with E-state index in [1.165, 1.54) is 48.8 Å². The molecule has 2 heteroatoms. The lowest BCUT2D eigenvalue weighted by atomic mass is 9.88. The molecule has 1 unspecified atom stereocenters. The third-order valence-corrected chi connectivity index (χ3v) is 6.93. The largest absolute Gasteiger partial charge is 0.382 e. The quantitative estimate of drug-likeness (QED) is 0.198.